The average molecular weight is 415 g/mol. The molecule has 1 fully saturated rings. The third-order valence-corrected chi connectivity index (χ3v) is 7.72. The van der Waals surface area contributed by atoms with E-state index in [1.54, 1.807) is 45.7 Å². The third-order valence-electron chi connectivity index (χ3n) is 5.86. The molecule has 2 aromatic rings. The SMILES string of the molecule is CN(C)C1CCN(S(=O)(=O)c2ccc3c(c2)CN(C(=O)c2ccccn2)CC3)C1. The maximum atomic E-state index is 13.1. The van der Waals surface area contributed by atoms with Crippen molar-refractivity contribution in [1.29, 1.82) is 0 Å². The summed E-state index contributed by atoms with van der Waals surface area (Å²) in [6.07, 6.45) is 3.15. The number of carbonyl (C=O) groups excluding carboxylic acids is 1. The lowest BCUT2D eigenvalue weighted by molar-refractivity contribution is 0.0728. The zero-order valence-corrected chi connectivity index (χ0v) is 17.6. The molecule has 8 heteroatoms. The first-order chi connectivity index (χ1) is 13.9. The molecule has 0 aliphatic carbocycles. The van der Waals surface area contributed by atoms with E-state index in [9.17, 15) is 13.2 Å². The predicted octanol–water partition coefficient (Wildman–Crippen LogP) is 1.60. The summed E-state index contributed by atoms with van der Waals surface area (Å²) >= 11 is 0. The Kier molecular flexibility index (Phi) is 5.42. The van der Waals surface area contributed by atoms with Gasteiger partial charge in [0.05, 0.1) is 4.90 Å². The quantitative estimate of drug-likeness (QED) is 0.760. The number of aromatic nitrogens is 1. The minimum Gasteiger partial charge on any atom is -0.333 e. The van der Waals surface area contributed by atoms with Gasteiger partial charge in [-0.05, 0) is 62.3 Å². The maximum absolute atomic E-state index is 13.1. The van der Waals surface area contributed by atoms with Gasteiger partial charge in [-0.3, -0.25) is 9.78 Å². The van der Waals surface area contributed by atoms with Gasteiger partial charge in [0.25, 0.3) is 5.91 Å². The van der Waals surface area contributed by atoms with Crippen molar-refractivity contribution >= 4 is 15.9 Å². The molecule has 4 rings (SSSR count). The molecule has 0 N–H and O–H groups in total. The first-order valence-corrected chi connectivity index (χ1v) is 11.3. The highest BCUT2D eigenvalue weighted by molar-refractivity contribution is 7.89. The molecule has 1 aromatic carbocycles. The van der Waals surface area contributed by atoms with Gasteiger partial charge in [-0.25, -0.2) is 8.42 Å². The molecule has 154 valence electrons. The van der Waals surface area contributed by atoms with E-state index < -0.39 is 10.0 Å². The molecule has 1 aromatic heterocycles. The fraction of sp³-hybridized carbons (Fsp3) is 0.429. The Labute approximate surface area is 172 Å². The molecule has 0 radical (unpaired) electrons. The predicted molar refractivity (Wildman–Crippen MR) is 110 cm³/mol. The molecule has 0 bridgehead atoms. The van der Waals surface area contributed by atoms with E-state index in [0.717, 1.165) is 17.5 Å². The monoisotopic (exact) mass is 414 g/mol. The Balaban J connectivity index is 1.55. The van der Waals surface area contributed by atoms with Gasteiger partial charge in [-0.15, -0.1) is 0 Å². The maximum Gasteiger partial charge on any atom is 0.272 e. The van der Waals surface area contributed by atoms with Gasteiger partial charge in [0.15, 0.2) is 0 Å². The van der Waals surface area contributed by atoms with Gasteiger partial charge in [-0.1, -0.05) is 12.1 Å². The second-order valence-electron chi connectivity index (χ2n) is 7.89. The number of hydrogen-bond acceptors (Lipinski definition) is 5. The summed E-state index contributed by atoms with van der Waals surface area (Å²) in [4.78, 5) is 21.0. The van der Waals surface area contributed by atoms with E-state index in [-0.39, 0.29) is 11.9 Å². The van der Waals surface area contributed by atoms with Crippen molar-refractivity contribution in [3.8, 4) is 0 Å². The first kappa shape index (κ1) is 20.0. The van der Waals surface area contributed by atoms with E-state index in [4.69, 9.17) is 0 Å². The number of rotatable bonds is 4. The normalized spacial score (nSPS) is 20.1. The minimum atomic E-state index is -3.54. The molecule has 1 unspecified atom stereocenters. The van der Waals surface area contributed by atoms with E-state index in [0.29, 0.717) is 43.2 Å². The fourth-order valence-corrected chi connectivity index (χ4v) is 5.56. The summed E-state index contributed by atoms with van der Waals surface area (Å²) in [6, 6.07) is 10.9. The van der Waals surface area contributed by atoms with Gasteiger partial charge in [-0.2, -0.15) is 4.31 Å². The number of carbonyl (C=O) groups is 1. The summed E-state index contributed by atoms with van der Waals surface area (Å²) < 4.78 is 27.9. The molecule has 1 saturated heterocycles. The van der Waals surface area contributed by atoms with Gasteiger partial charge in [0, 0.05) is 38.4 Å². The van der Waals surface area contributed by atoms with Crippen LogP contribution < -0.4 is 0 Å². The zero-order chi connectivity index (χ0) is 20.6. The van der Waals surface area contributed by atoms with Crippen LogP contribution in [0.15, 0.2) is 47.5 Å². The molecular formula is C21H26N4O3S. The van der Waals surface area contributed by atoms with E-state index in [1.807, 2.05) is 20.2 Å². The van der Waals surface area contributed by atoms with Crippen molar-refractivity contribution in [2.75, 3.05) is 33.7 Å². The van der Waals surface area contributed by atoms with Gasteiger partial charge < -0.3 is 9.80 Å². The molecule has 29 heavy (non-hydrogen) atoms. The zero-order valence-electron chi connectivity index (χ0n) is 16.8. The Morgan fingerprint density at radius 3 is 2.66 bits per heavy atom. The molecule has 1 amide bonds. The topological polar surface area (TPSA) is 73.8 Å². The summed E-state index contributed by atoms with van der Waals surface area (Å²) in [5.41, 5.74) is 2.40. The highest BCUT2D eigenvalue weighted by Crippen LogP contribution is 2.27. The number of hydrogen-bond donors (Lipinski definition) is 0. The lowest BCUT2D eigenvalue weighted by atomic mass is 9.99. The van der Waals surface area contributed by atoms with Crippen LogP contribution in [0.25, 0.3) is 0 Å². The summed E-state index contributed by atoms with van der Waals surface area (Å²) in [6.45, 7) is 2.04. The Morgan fingerprint density at radius 2 is 1.97 bits per heavy atom. The van der Waals surface area contributed by atoms with Crippen molar-refractivity contribution in [2.24, 2.45) is 0 Å². The van der Waals surface area contributed by atoms with Crippen LogP contribution in [0.4, 0.5) is 0 Å². The Morgan fingerprint density at radius 1 is 1.14 bits per heavy atom. The molecule has 3 heterocycles. The molecule has 1 atom stereocenters. The summed E-state index contributed by atoms with van der Waals surface area (Å²) in [5, 5.41) is 0. The van der Waals surface area contributed by atoms with Gasteiger partial charge in [0.1, 0.15) is 5.69 Å². The van der Waals surface area contributed by atoms with Gasteiger partial charge >= 0.3 is 0 Å². The number of amides is 1. The number of nitrogens with zero attached hydrogens (tertiary/aromatic N) is 4. The van der Waals surface area contributed by atoms with Crippen LogP contribution in [0.5, 0.6) is 0 Å². The lowest BCUT2D eigenvalue weighted by Gasteiger charge is -2.29. The molecule has 7 nitrogen and oxygen atoms in total. The fourth-order valence-electron chi connectivity index (χ4n) is 4.02. The standard InChI is InChI=1S/C21H26N4O3S/c1-23(2)18-9-12-25(15-18)29(27,28)19-7-6-16-8-11-24(14-17(16)13-19)21(26)20-5-3-4-10-22-20/h3-7,10,13,18H,8-9,11-12,14-15H2,1-2H3. The van der Waals surface area contributed by atoms with Crippen molar-refractivity contribution in [2.45, 2.75) is 30.3 Å². The number of benzene rings is 1. The van der Waals surface area contributed by atoms with Crippen LogP contribution in [0.1, 0.15) is 28.0 Å². The lowest BCUT2D eigenvalue weighted by Crippen LogP contribution is -2.37. The number of likely N-dealkylation sites (N-methyl/N-ethyl adjacent to an activating group) is 1. The van der Waals surface area contributed by atoms with Crippen LogP contribution in [0, 0.1) is 0 Å². The minimum absolute atomic E-state index is 0.127. The van der Waals surface area contributed by atoms with Crippen LogP contribution >= 0.6 is 0 Å². The molecule has 0 saturated carbocycles. The largest absolute Gasteiger partial charge is 0.333 e. The van der Waals surface area contributed by atoms with Crippen LogP contribution in [-0.2, 0) is 23.0 Å². The summed E-state index contributed by atoms with van der Waals surface area (Å²) in [5.74, 6) is -0.127. The number of pyridine rings is 1. The smallest absolute Gasteiger partial charge is 0.272 e. The van der Waals surface area contributed by atoms with E-state index in [1.165, 1.54) is 0 Å². The van der Waals surface area contributed by atoms with Crippen molar-refractivity contribution in [3.05, 3.63) is 59.4 Å². The Bertz CT molecular complexity index is 1010. The number of sulfonamides is 1. The highest BCUT2D eigenvalue weighted by atomic mass is 32.2. The molecular weight excluding hydrogens is 388 g/mol. The van der Waals surface area contributed by atoms with Crippen LogP contribution in [-0.4, -0.2) is 73.2 Å². The van der Waals surface area contributed by atoms with Crippen LogP contribution in [0.3, 0.4) is 0 Å². The van der Waals surface area contributed by atoms with Crippen molar-refractivity contribution in [3.63, 3.8) is 0 Å². The second-order valence-corrected chi connectivity index (χ2v) is 9.83. The van der Waals surface area contributed by atoms with E-state index >= 15 is 0 Å². The van der Waals surface area contributed by atoms with Crippen molar-refractivity contribution in [1.82, 2.24) is 19.1 Å². The average Bonchev–Trinajstić information content (AvgIpc) is 3.24. The molecule has 2 aliphatic heterocycles. The summed E-state index contributed by atoms with van der Waals surface area (Å²) in [7, 11) is 0.420. The molecule has 2 aliphatic rings. The second kappa shape index (κ2) is 7.85. The first-order valence-electron chi connectivity index (χ1n) is 9.85. The molecule has 0 spiro atoms. The van der Waals surface area contributed by atoms with Crippen LogP contribution in [0.2, 0.25) is 0 Å². The van der Waals surface area contributed by atoms with E-state index in [2.05, 4.69) is 9.88 Å². The highest BCUT2D eigenvalue weighted by Gasteiger charge is 2.34. The number of fused-ring (bicyclic) bond motifs is 1. The van der Waals surface area contributed by atoms with Crippen molar-refractivity contribution < 1.29 is 13.2 Å². The third kappa shape index (κ3) is 3.92. The van der Waals surface area contributed by atoms with Gasteiger partial charge in [0.2, 0.25) is 10.0 Å². The Hall–Kier alpha value is -2.29.